The molecule has 1 atom stereocenters. The number of hydrogen-bond acceptors (Lipinski definition) is 2. The highest BCUT2D eigenvalue weighted by molar-refractivity contribution is 5.80. The standard InChI is InChI=1S/C16H16F6N2O2/c17-15(18,19)11-4-9(5-12(7-11)16(20,21)22)10-6-14(26)24(8-10)3-1-2-13(23)25/h4-5,7,10H,1-3,6,8H2,(H2,23,25). The molecule has 1 aliphatic heterocycles. The zero-order valence-electron chi connectivity index (χ0n) is 13.5. The zero-order valence-corrected chi connectivity index (χ0v) is 13.5. The molecular weight excluding hydrogens is 366 g/mol. The second kappa shape index (κ2) is 7.16. The van der Waals surface area contributed by atoms with E-state index in [9.17, 15) is 35.9 Å². The molecule has 2 rings (SSSR count). The van der Waals surface area contributed by atoms with Crippen LogP contribution in [0.1, 0.15) is 41.9 Å². The fourth-order valence-electron chi connectivity index (χ4n) is 2.87. The largest absolute Gasteiger partial charge is 0.416 e. The SMILES string of the molecule is NC(=O)CCCN1CC(c2cc(C(F)(F)F)cc(C(F)(F)F)c2)CC1=O. The minimum absolute atomic E-state index is 0.00377. The number of likely N-dealkylation sites (tertiary alicyclic amines) is 1. The van der Waals surface area contributed by atoms with Crippen LogP contribution < -0.4 is 5.73 Å². The molecule has 0 bridgehead atoms. The van der Waals surface area contributed by atoms with Gasteiger partial charge in [-0.2, -0.15) is 26.3 Å². The molecule has 0 saturated carbocycles. The Kier molecular flexibility index (Phi) is 5.52. The molecule has 0 aliphatic carbocycles. The van der Waals surface area contributed by atoms with E-state index in [1.165, 1.54) is 4.90 Å². The van der Waals surface area contributed by atoms with E-state index in [1.807, 2.05) is 0 Å². The summed E-state index contributed by atoms with van der Waals surface area (Å²) in [5.74, 6) is -1.72. The molecule has 1 aliphatic rings. The Morgan fingerprint density at radius 2 is 1.62 bits per heavy atom. The van der Waals surface area contributed by atoms with Gasteiger partial charge >= 0.3 is 12.4 Å². The maximum atomic E-state index is 12.9. The van der Waals surface area contributed by atoms with Gasteiger partial charge in [-0.1, -0.05) is 0 Å². The highest BCUT2D eigenvalue weighted by Crippen LogP contribution is 2.39. The van der Waals surface area contributed by atoms with Crippen LogP contribution in [0.4, 0.5) is 26.3 Å². The molecule has 1 unspecified atom stereocenters. The number of carbonyl (C=O) groups is 2. The Hall–Kier alpha value is -2.26. The minimum atomic E-state index is -4.93. The topological polar surface area (TPSA) is 63.4 Å². The molecule has 2 N–H and O–H groups in total. The smallest absolute Gasteiger partial charge is 0.370 e. The lowest BCUT2D eigenvalue weighted by molar-refractivity contribution is -0.143. The van der Waals surface area contributed by atoms with E-state index in [4.69, 9.17) is 5.73 Å². The Morgan fingerprint density at radius 1 is 1.08 bits per heavy atom. The first-order valence-corrected chi connectivity index (χ1v) is 7.73. The highest BCUT2D eigenvalue weighted by Gasteiger charge is 2.39. The number of alkyl halides is 6. The number of carbonyl (C=O) groups excluding carboxylic acids is 2. The van der Waals surface area contributed by atoms with Gasteiger partial charge in [0.15, 0.2) is 0 Å². The predicted octanol–water partition coefficient (Wildman–Crippen LogP) is 3.31. The average molecular weight is 382 g/mol. The molecule has 1 fully saturated rings. The zero-order chi connectivity index (χ0) is 19.7. The van der Waals surface area contributed by atoms with Gasteiger partial charge in [0.25, 0.3) is 0 Å². The Balaban J connectivity index is 2.25. The third-order valence-corrected chi connectivity index (χ3v) is 4.15. The van der Waals surface area contributed by atoms with Crippen LogP contribution in [-0.4, -0.2) is 29.8 Å². The summed E-state index contributed by atoms with van der Waals surface area (Å²) < 4.78 is 77.6. The third kappa shape index (κ3) is 4.89. The van der Waals surface area contributed by atoms with E-state index in [2.05, 4.69) is 0 Å². The normalized spacial score (nSPS) is 18.5. The van der Waals surface area contributed by atoms with E-state index in [0.717, 1.165) is 0 Å². The molecule has 4 nitrogen and oxygen atoms in total. The molecular formula is C16H16F6N2O2. The van der Waals surface area contributed by atoms with E-state index >= 15 is 0 Å². The van der Waals surface area contributed by atoms with E-state index in [0.29, 0.717) is 12.1 Å². The Morgan fingerprint density at radius 3 is 2.08 bits per heavy atom. The minimum Gasteiger partial charge on any atom is -0.370 e. The van der Waals surface area contributed by atoms with E-state index < -0.39 is 35.3 Å². The van der Waals surface area contributed by atoms with Crippen molar-refractivity contribution in [1.29, 1.82) is 0 Å². The Bertz CT molecular complexity index is 667. The first kappa shape index (κ1) is 20.1. The van der Waals surface area contributed by atoms with Gasteiger partial charge in [-0.3, -0.25) is 9.59 Å². The first-order chi connectivity index (χ1) is 11.9. The maximum absolute atomic E-state index is 12.9. The molecule has 144 valence electrons. The number of nitrogens with two attached hydrogens (primary N) is 1. The van der Waals surface area contributed by atoms with Gasteiger partial charge in [0.05, 0.1) is 11.1 Å². The van der Waals surface area contributed by atoms with Gasteiger partial charge in [-0.25, -0.2) is 0 Å². The summed E-state index contributed by atoms with van der Waals surface area (Å²) in [4.78, 5) is 24.0. The van der Waals surface area contributed by atoms with Crippen LogP contribution in [0, 0.1) is 0 Å². The van der Waals surface area contributed by atoms with Crippen molar-refractivity contribution in [3.8, 4) is 0 Å². The van der Waals surface area contributed by atoms with E-state index in [1.54, 1.807) is 0 Å². The summed E-state index contributed by atoms with van der Waals surface area (Å²) >= 11 is 0. The summed E-state index contributed by atoms with van der Waals surface area (Å²) in [6.07, 6.45) is -9.73. The molecule has 26 heavy (non-hydrogen) atoms. The molecule has 1 saturated heterocycles. The number of benzene rings is 1. The number of halogens is 6. The number of primary amides is 1. The summed E-state index contributed by atoms with van der Waals surface area (Å²) in [6, 6.07) is 1.37. The van der Waals surface area contributed by atoms with Gasteiger partial charge in [0, 0.05) is 31.8 Å². The summed E-state index contributed by atoms with van der Waals surface area (Å²) in [6.45, 7) is 0.166. The molecule has 1 aromatic carbocycles. The number of hydrogen-bond donors (Lipinski definition) is 1. The lowest BCUT2D eigenvalue weighted by atomic mass is 9.94. The Labute approximate surface area is 144 Å². The van der Waals surface area contributed by atoms with Crippen molar-refractivity contribution in [2.45, 2.75) is 37.5 Å². The van der Waals surface area contributed by atoms with Crippen LogP contribution in [0.3, 0.4) is 0 Å². The van der Waals surface area contributed by atoms with Crippen molar-refractivity contribution in [3.63, 3.8) is 0 Å². The summed E-state index contributed by atoms with van der Waals surface area (Å²) in [5, 5.41) is 0. The van der Waals surface area contributed by atoms with Crippen LogP contribution in [0.25, 0.3) is 0 Å². The van der Waals surface area contributed by atoms with Crippen molar-refractivity contribution >= 4 is 11.8 Å². The first-order valence-electron chi connectivity index (χ1n) is 7.73. The van der Waals surface area contributed by atoms with Crippen molar-refractivity contribution in [3.05, 3.63) is 34.9 Å². The third-order valence-electron chi connectivity index (χ3n) is 4.15. The van der Waals surface area contributed by atoms with E-state index in [-0.39, 0.29) is 49.9 Å². The van der Waals surface area contributed by atoms with Crippen molar-refractivity contribution in [2.24, 2.45) is 5.73 Å². The number of nitrogens with zero attached hydrogens (tertiary/aromatic N) is 1. The van der Waals surface area contributed by atoms with Crippen LogP contribution in [0.5, 0.6) is 0 Å². The van der Waals surface area contributed by atoms with Crippen molar-refractivity contribution < 1.29 is 35.9 Å². The highest BCUT2D eigenvalue weighted by atomic mass is 19.4. The van der Waals surface area contributed by atoms with Crippen molar-refractivity contribution in [1.82, 2.24) is 4.90 Å². The monoisotopic (exact) mass is 382 g/mol. The molecule has 0 spiro atoms. The fraction of sp³-hybridized carbons (Fsp3) is 0.500. The number of rotatable bonds is 5. The second-order valence-electron chi connectivity index (χ2n) is 6.15. The van der Waals surface area contributed by atoms with Crippen LogP contribution >= 0.6 is 0 Å². The second-order valence-corrected chi connectivity index (χ2v) is 6.15. The number of amides is 2. The molecule has 2 amide bonds. The molecule has 10 heteroatoms. The molecule has 0 radical (unpaired) electrons. The van der Waals surface area contributed by atoms with Crippen molar-refractivity contribution in [2.75, 3.05) is 13.1 Å². The van der Waals surface area contributed by atoms with Crippen LogP contribution in [-0.2, 0) is 21.9 Å². The quantitative estimate of drug-likeness (QED) is 0.795. The summed E-state index contributed by atoms with van der Waals surface area (Å²) in [7, 11) is 0. The van der Waals surface area contributed by atoms with Crippen LogP contribution in [0.2, 0.25) is 0 Å². The van der Waals surface area contributed by atoms with Gasteiger partial charge in [0.2, 0.25) is 11.8 Å². The van der Waals surface area contributed by atoms with Crippen LogP contribution in [0.15, 0.2) is 18.2 Å². The predicted molar refractivity (Wildman–Crippen MR) is 78.8 cm³/mol. The van der Waals surface area contributed by atoms with Gasteiger partial charge in [-0.05, 0) is 30.2 Å². The lowest BCUT2D eigenvalue weighted by Crippen LogP contribution is -2.27. The maximum Gasteiger partial charge on any atom is 0.416 e. The van der Waals surface area contributed by atoms with Gasteiger partial charge in [-0.15, -0.1) is 0 Å². The summed E-state index contributed by atoms with van der Waals surface area (Å²) in [5.41, 5.74) is 2.01. The van der Waals surface area contributed by atoms with Gasteiger partial charge < -0.3 is 10.6 Å². The molecule has 1 heterocycles. The molecule has 0 aromatic heterocycles. The fourth-order valence-corrected chi connectivity index (χ4v) is 2.87. The average Bonchev–Trinajstić information content (AvgIpc) is 2.86. The lowest BCUT2D eigenvalue weighted by Gasteiger charge is -2.18. The molecule has 1 aromatic rings. The van der Waals surface area contributed by atoms with Gasteiger partial charge in [0.1, 0.15) is 0 Å².